The third-order valence-electron chi connectivity index (χ3n) is 3.47. The Labute approximate surface area is 117 Å². The molecule has 0 spiro atoms. The van der Waals surface area contributed by atoms with Crippen molar-refractivity contribution >= 4 is 11.0 Å². The zero-order valence-electron chi connectivity index (χ0n) is 11.3. The molecule has 0 radical (unpaired) electrons. The molecule has 0 amide bonds. The van der Waals surface area contributed by atoms with Crippen molar-refractivity contribution in [2.75, 3.05) is 7.11 Å². The van der Waals surface area contributed by atoms with Gasteiger partial charge in [-0.15, -0.1) is 0 Å². The number of benzene rings is 2. The minimum absolute atomic E-state index is 0.0240. The molecular weight excluding hydrogens is 252 g/mol. The third kappa shape index (κ3) is 2.14. The number of nitrogens with zero attached hydrogens (tertiary/aromatic N) is 1. The number of ether oxygens (including phenoxy) is 1. The first-order valence-electron chi connectivity index (χ1n) is 6.55. The second-order valence-corrected chi connectivity index (χ2v) is 4.64. The number of H-pyrrole nitrogens is 1. The van der Waals surface area contributed by atoms with Crippen molar-refractivity contribution < 1.29 is 14.4 Å². The van der Waals surface area contributed by atoms with Crippen molar-refractivity contribution in [1.29, 1.82) is 0 Å². The minimum atomic E-state index is -0.0240. The Kier molecular flexibility index (Phi) is 3.39. The highest BCUT2D eigenvalue weighted by atomic mass is 16.5. The van der Waals surface area contributed by atoms with E-state index in [1.165, 1.54) is 0 Å². The lowest BCUT2D eigenvalue weighted by atomic mass is 10.2. The van der Waals surface area contributed by atoms with Crippen LogP contribution in [0.25, 0.3) is 11.0 Å². The molecule has 0 aliphatic heterocycles. The number of rotatable bonds is 4. The van der Waals surface area contributed by atoms with Gasteiger partial charge in [-0.25, -0.2) is 9.55 Å². The van der Waals surface area contributed by atoms with Gasteiger partial charge < -0.3 is 9.84 Å². The normalized spacial score (nSPS) is 10.9. The number of aliphatic hydroxyl groups is 1. The third-order valence-corrected chi connectivity index (χ3v) is 3.47. The molecule has 0 saturated heterocycles. The number of nitrogens with one attached hydrogen (secondary N) is 1. The first kappa shape index (κ1) is 12.7. The number of para-hydroxylation sites is 3. The number of hydrogen-bond donors (Lipinski definition) is 2. The van der Waals surface area contributed by atoms with Gasteiger partial charge in [-0.05, 0) is 18.2 Å². The summed E-state index contributed by atoms with van der Waals surface area (Å²) in [6.45, 7) is 0.633. The van der Waals surface area contributed by atoms with Crippen LogP contribution in [0.2, 0.25) is 0 Å². The number of fused-ring (bicyclic) bond motifs is 1. The topological polar surface area (TPSA) is 49.1 Å². The highest BCUT2D eigenvalue weighted by Gasteiger charge is 2.18. The van der Waals surface area contributed by atoms with E-state index in [1.54, 1.807) is 7.11 Å². The molecular formula is C16H17N2O2+. The van der Waals surface area contributed by atoms with Gasteiger partial charge in [0.25, 0.3) is 5.82 Å². The van der Waals surface area contributed by atoms with Crippen LogP contribution in [0.3, 0.4) is 0 Å². The number of aliphatic hydroxyl groups excluding tert-OH is 1. The van der Waals surface area contributed by atoms with E-state index in [0.717, 1.165) is 28.2 Å². The summed E-state index contributed by atoms with van der Waals surface area (Å²) in [5.74, 6) is 1.64. The van der Waals surface area contributed by atoms with Crippen molar-refractivity contribution in [3.63, 3.8) is 0 Å². The van der Waals surface area contributed by atoms with E-state index >= 15 is 0 Å². The molecule has 0 saturated carbocycles. The number of aromatic nitrogens is 2. The molecule has 4 nitrogen and oxygen atoms in total. The van der Waals surface area contributed by atoms with Crippen LogP contribution < -0.4 is 9.30 Å². The zero-order valence-corrected chi connectivity index (χ0v) is 11.3. The lowest BCUT2D eigenvalue weighted by Crippen LogP contribution is -2.37. The molecule has 0 aliphatic rings. The molecule has 4 heteroatoms. The van der Waals surface area contributed by atoms with E-state index < -0.39 is 0 Å². The summed E-state index contributed by atoms with van der Waals surface area (Å²) in [5, 5.41) is 9.54. The van der Waals surface area contributed by atoms with Gasteiger partial charge in [0.1, 0.15) is 18.9 Å². The lowest BCUT2D eigenvalue weighted by molar-refractivity contribution is -0.672. The lowest BCUT2D eigenvalue weighted by Gasteiger charge is -2.07. The van der Waals surface area contributed by atoms with Gasteiger partial charge in [0.05, 0.1) is 7.11 Å². The largest absolute Gasteiger partial charge is 0.496 e. The van der Waals surface area contributed by atoms with Crippen LogP contribution >= 0.6 is 0 Å². The molecule has 0 aliphatic carbocycles. The molecule has 1 heterocycles. The Bertz CT molecular complexity index is 734. The van der Waals surface area contributed by atoms with Crippen LogP contribution in [0.4, 0.5) is 0 Å². The van der Waals surface area contributed by atoms with Gasteiger partial charge in [-0.1, -0.05) is 30.3 Å². The van der Waals surface area contributed by atoms with Crippen molar-refractivity contribution in [2.45, 2.75) is 13.2 Å². The standard InChI is InChI=1S/C16H16N2O2/c1-20-15-9-5-2-6-12(15)10-18-14-8-4-3-7-13(14)17-16(18)11-19/h2-9,19H,10-11H2,1H3/p+1. The van der Waals surface area contributed by atoms with Crippen LogP contribution in [0.5, 0.6) is 5.75 Å². The SMILES string of the molecule is COc1ccccc1C[n+]1c(CO)[nH]c2ccccc21. The number of imidazole rings is 1. The molecule has 0 bridgehead atoms. The fraction of sp³-hybridized carbons (Fsp3) is 0.188. The predicted octanol–water partition coefficient (Wildman–Crippen LogP) is 2.00. The van der Waals surface area contributed by atoms with Crippen LogP contribution in [-0.2, 0) is 13.2 Å². The maximum absolute atomic E-state index is 9.54. The maximum atomic E-state index is 9.54. The van der Waals surface area contributed by atoms with Crippen molar-refractivity contribution in [2.24, 2.45) is 0 Å². The monoisotopic (exact) mass is 269 g/mol. The van der Waals surface area contributed by atoms with Crippen molar-refractivity contribution in [3.05, 3.63) is 59.9 Å². The molecule has 1 aromatic heterocycles. The van der Waals surface area contributed by atoms with Gasteiger partial charge in [-0.3, -0.25) is 0 Å². The summed E-state index contributed by atoms with van der Waals surface area (Å²) in [4.78, 5) is 3.24. The molecule has 102 valence electrons. The Morgan fingerprint density at radius 2 is 1.85 bits per heavy atom. The first-order valence-corrected chi connectivity index (χ1v) is 6.55. The highest BCUT2D eigenvalue weighted by Crippen LogP contribution is 2.18. The minimum Gasteiger partial charge on any atom is -0.496 e. The summed E-state index contributed by atoms with van der Waals surface area (Å²) in [5.41, 5.74) is 3.17. The Hall–Kier alpha value is -2.33. The fourth-order valence-electron chi connectivity index (χ4n) is 2.49. The van der Waals surface area contributed by atoms with Gasteiger partial charge >= 0.3 is 0 Å². The number of aromatic amines is 1. The summed E-state index contributed by atoms with van der Waals surface area (Å²) in [6.07, 6.45) is 0. The van der Waals surface area contributed by atoms with Crippen molar-refractivity contribution in [1.82, 2.24) is 4.98 Å². The van der Waals surface area contributed by atoms with E-state index in [9.17, 15) is 5.11 Å². The van der Waals surface area contributed by atoms with Gasteiger partial charge in [0.2, 0.25) is 0 Å². The summed E-state index contributed by atoms with van der Waals surface area (Å²) >= 11 is 0. The average molecular weight is 269 g/mol. The summed E-state index contributed by atoms with van der Waals surface area (Å²) < 4.78 is 7.47. The van der Waals surface area contributed by atoms with E-state index in [2.05, 4.69) is 9.55 Å². The zero-order chi connectivity index (χ0) is 13.9. The van der Waals surface area contributed by atoms with Gasteiger partial charge in [-0.2, -0.15) is 0 Å². The van der Waals surface area contributed by atoms with Crippen molar-refractivity contribution in [3.8, 4) is 5.75 Å². The van der Waals surface area contributed by atoms with Gasteiger partial charge in [0.15, 0.2) is 11.0 Å². The fourth-order valence-corrected chi connectivity index (χ4v) is 2.49. The van der Waals surface area contributed by atoms with E-state index in [0.29, 0.717) is 6.54 Å². The second kappa shape index (κ2) is 5.35. The summed E-state index contributed by atoms with van der Waals surface area (Å²) in [7, 11) is 1.67. The first-order chi connectivity index (χ1) is 9.83. The van der Waals surface area contributed by atoms with Crippen LogP contribution in [0, 0.1) is 0 Å². The van der Waals surface area contributed by atoms with E-state index in [4.69, 9.17) is 4.74 Å². The quantitative estimate of drug-likeness (QED) is 0.712. The number of hydrogen-bond acceptors (Lipinski definition) is 2. The molecule has 0 fully saturated rings. The molecule has 20 heavy (non-hydrogen) atoms. The number of methoxy groups -OCH3 is 1. The molecule has 2 N–H and O–H groups in total. The Morgan fingerprint density at radius 1 is 1.10 bits per heavy atom. The predicted molar refractivity (Wildman–Crippen MR) is 76.5 cm³/mol. The molecule has 3 aromatic rings. The second-order valence-electron chi connectivity index (χ2n) is 4.64. The molecule has 2 aromatic carbocycles. The average Bonchev–Trinajstić information content (AvgIpc) is 2.86. The molecule has 3 rings (SSSR count). The van der Waals surface area contributed by atoms with Gasteiger partial charge in [0, 0.05) is 5.56 Å². The molecule has 0 unspecified atom stereocenters. The maximum Gasteiger partial charge on any atom is 0.281 e. The molecule has 0 atom stereocenters. The van der Waals surface area contributed by atoms with E-state index in [1.807, 2.05) is 48.5 Å². The smallest absolute Gasteiger partial charge is 0.281 e. The summed E-state index contributed by atoms with van der Waals surface area (Å²) in [6, 6.07) is 16.0. The Morgan fingerprint density at radius 3 is 2.65 bits per heavy atom. The van der Waals surface area contributed by atoms with E-state index in [-0.39, 0.29) is 6.61 Å². The highest BCUT2D eigenvalue weighted by molar-refractivity contribution is 5.71. The van der Waals surface area contributed by atoms with Crippen LogP contribution in [-0.4, -0.2) is 17.2 Å². The van der Waals surface area contributed by atoms with Crippen LogP contribution in [0.15, 0.2) is 48.5 Å². The Balaban J connectivity index is 2.10. The van der Waals surface area contributed by atoms with Crippen LogP contribution in [0.1, 0.15) is 11.4 Å².